The van der Waals surface area contributed by atoms with Crippen molar-refractivity contribution >= 4 is 5.91 Å². The van der Waals surface area contributed by atoms with E-state index in [1.165, 1.54) is 295 Å². The fourth-order valence-electron chi connectivity index (χ4n) is 14.9. The zero-order chi connectivity index (χ0) is 76.0. The van der Waals surface area contributed by atoms with Crippen LogP contribution in [-0.4, -0.2) is 193 Å². The van der Waals surface area contributed by atoms with Crippen LogP contribution in [0.5, 0.6) is 0 Å². The van der Waals surface area contributed by atoms with Crippen LogP contribution in [0.4, 0.5) is 0 Å². The fraction of sp³-hybridized carbons (Fsp3) is 0.919. The zero-order valence-electron chi connectivity index (χ0n) is 66.5. The molecule has 0 spiro atoms. The van der Waals surface area contributed by atoms with E-state index in [-0.39, 0.29) is 18.9 Å². The SMILES string of the molecule is CCCCCCC/C=C\C/C=C\CCCCCCCCCCCCCCCCCC(=O)NC(COC1OC(CO)C(OC2OC(CO)C(OC3OC(CO)C(O)C(O)C3O)C(O)C2O)C(O)C1O)C(O)/C=C/CCCCCCCCCCCCCCCCCCCCCCCCCCCCCCCCC. The molecule has 0 aliphatic carbocycles. The number of allylic oxidation sites excluding steroid dienone is 5. The summed E-state index contributed by atoms with van der Waals surface area (Å²) in [5.74, 6) is -0.270. The average Bonchev–Trinajstić information content (AvgIpc) is 0.781. The van der Waals surface area contributed by atoms with Crippen molar-refractivity contribution in [2.75, 3.05) is 26.4 Å². The summed E-state index contributed by atoms with van der Waals surface area (Å²) in [6, 6.07) is -0.975. The fourth-order valence-corrected chi connectivity index (χ4v) is 14.9. The summed E-state index contributed by atoms with van der Waals surface area (Å²) in [5, 5.41) is 121. The minimum Gasteiger partial charge on any atom is -0.394 e. The van der Waals surface area contributed by atoms with Crippen LogP contribution >= 0.6 is 0 Å². The molecular formula is C86H161NO18. The van der Waals surface area contributed by atoms with Gasteiger partial charge in [-0.15, -0.1) is 0 Å². The van der Waals surface area contributed by atoms with Crippen LogP contribution in [0.2, 0.25) is 0 Å². The lowest BCUT2D eigenvalue weighted by atomic mass is 9.96. The average molecular weight is 1500 g/mol. The van der Waals surface area contributed by atoms with Crippen molar-refractivity contribution in [2.24, 2.45) is 0 Å². The Bertz CT molecular complexity index is 2030. The summed E-state index contributed by atoms with van der Waals surface area (Å²) in [7, 11) is 0. The number of carbonyl (C=O) groups is 1. The second-order valence-corrected chi connectivity index (χ2v) is 31.4. The monoisotopic (exact) mass is 1500 g/mol. The smallest absolute Gasteiger partial charge is 0.220 e. The van der Waals surface area contributed by atoms with Crippen molar-refractivity contribution in [1.29, 1.82) is 0 Å². The van der Waals surface area contributed by atoms with Crippen LogP contribution < -0.4 is 5.32 Å². The summed E-state index contributed by atoms with van der Waals surface area (Å²) in [5.41, 5.74) is 0. The lowest BCUT2D eigenvalue weighted by Crippen LogP contribution is -2.66. The quantitative estimate of drug-likeness (QED) is 0.0199. The number of aliphatic hydroxyl groups excluding tert-OH is 11. The first-order chi connectivity index (χ1) is 51.3. The second-order valence-electron chi connectivity index (χ2n) is 31.4. The van der Waals surface area contributed by atoms with Crippen LogP contribution in [0.25, 0.3) is 0 Å². The van der Waals surface area contributed by atoms with Crippen LogP contribution in [0, 0.1) is 0 Å². The highest BCUT2D eigenvalue weighted by molar-refractivity contribution is 5.76. The number of nitrogens with one attached hydrogen (secondary N) is 1. The van der Waals surface area contributed by atoms with E-state index in [1.54, 1.807) is 6.08 Å². The molecule has 3 aliphatic heterocycles. The first kappa shape index (κ1) is 97.2. The minimum atomic E-state index is -1.98. The molecule has 3 aliphatic rings. The maximum absolute atomic E-state index is 13.5. The molecule has 0 aromatic rings. The first-order valence-electron chi connectivity index (χ1n) is 43.7. The van der Waals surface area contributed by atoms with Crippen molar-refractivity contribution in [3.8, 4) is 0 Å². The molecule has 0 aromatic carbocycles. The van der Waals surface area contributed by atoms with Gasteiger partial charge >= 0.3 is 0 Å². The van der Waals surface area contributed by atoms with Gasteiger partial charge in [-0.3, -0.25) is 4.79 Å². The number of amides is 1. The normalized spacial score (nSPS) is 25.9. The maximum atomic E-state index is 13.5. The highest BCUT2D eigenvalue weighted by Gasteiger charge is 2.54. The maximum Gasteiger partial charge on any atom is 0.220 e. The Morgan fingerprint density at radius 3 is 0.971 bits per heavy atom. The van der Waals surface area contributed by atoms with Gasteiger partial charge < -0.3 is 89.9 Å². The van der Waals surface area contributed by atoms with E-state index in [0.29, 0.717) is 6.42 Å². The largest absolute Gasteiger partial charge is 0.394 e. The van der Waals surface area contributed by atoms with Crippen LogP contribution in [0.3, 0.4) is 0 Å². The Labute approximate surface area is 638 Å². The number of hydrogen-bond donors (Lipinski definition) is 12. The summed E-state index contributed by atoms with van der Waals surface area (Å²) in [6.45, 7) is 1.79. The van der Waals surface area contributed by atoms with Gasteiger partial charge in [-0.2, -0.15) is 0 Å². The third kappa shape index (κ3) is 46.0. The Balaban J connectivity index is 1.34. The lowest BCUT2D eigenvalue weighted by Gasteiger charge is -2.48. The van der Waals surface area contributed by atoms with Crippen molar-refractivity contribution in [3.05, 3.63) is 36.5 Å². The molecule has 105 heavy (non-hydrogen) atoms. The minimum absolute atomic E-state index is 0.245. The molecule has 12 N–H and O–H groups in total. The summed E-state index contributed by atoms with van der Waals surface area (Å²) < 4.78 is 34.5. The van der Waals surface area contributed by atoms with Gasteiger partial charge in [-0.1, -0.05) is 352 Å². The van der Waals surface area contributed by atoms with E-state index >= 15 is 0 Å². The van der Waals surface area contributed by atoms with E-state index in [9.17, 15) is 61.0 Å². The van der Waals surface area contributed by atoms with Gasteiger partial charge in [0, 0.05) is 6.42 Å². The van der Waals surface area contributed by atoms with Gasteiger partial charge in [0.1, 0.15) is 73.2 Å². The van der Waals surface area contributed by atoms with E-state index < -0.39 is 124 Å². The van der Waals surface area contributed by atoms with Crippen LogP contribution in [0.15, 0.2) is 36.5 Å². The Kier molecular flexibility index (Phi) is 61.7. The molecule has 3 saturated heterocycles. The van der Waals surface area contributed by atoms with Crippen LogP contribution in [-0.2, 0) is 33.2 Å². The lowest BCUT2D eigenvalue weighted by molar-refractivity contribution is -0.379. The molecule has 19 nitrogen and oxygen atoms in total. The summed E-state index contributed by atoms with van der Waals surface area (Å²) in [4.78, 5) is 13.5. The molecule has 3 fully saturated rings. The molecule has 1 amide bonds. The molecule has 3 rings (SSSR count). The van der Waals surface area contributed by atoms with Gasteiger partial charge in [-0.25, -0.2) is 0 Å². The third-order valence-electron chi connectivity index (χ3n) is 21.9. The predicted octanol–water partition coefficient (Wildman–Crippen LogP) is 15.9. The number of unbranched alkanes of at least 4 members (excludes halogenated alkanes) is 51. The highest BCUT2D eigenvalue weighted by Crippen LogP contribution is 2.33. The Morgan fingerprint density at radius 1 is 0.343 bits per heavy atom. The van der Waals surface area contributed by atoms with E-state index in [2.05, 4.69) is 43.5 Å². The van der Waals surface area contributed by atoms with E-state index in [4.69, 9.17) is 28.4 Å². The van der Waals surface area contributed by atoms with E-state index in [0.717, 1.165) is 51.4 Å². The predicted molar refractivity (Wildman–Crippen MR) is 420 cm³/mol. The Hall–Kier alpha value is -1.99. The molecule has 19 heteroatoms. The molecule has 17 unspecified atom stereocenters. The number of hydrogen-bond acceptors (Lipinski definition) is 18. The standard InChI is InChI=1S/C86H161NO18/c1-3-5-7-9-11-13-15-17-19-21-23-25-27-29-31-32-33-34-35-36-38-39-41-43-45-47-49-51-53-55-57-59-61-63-70(91)69(87-74(92)64-62-60-58-56-54-52-50-48-46-44-42-40-37-30-28-26-24-22-20-18-16-14-12-10-8-6-4-2)68-100-84-80(98)77(95)82(72(66-89)102-84)105-86-81(99)78(96)83(73(67-90)103-86)104-85-79(97)76(94)75(93)71(65-88)101-85/h16,18,22,24,61,63,69-73,75-86,88-91,93-99H,3-15,17,19-21,23,25-60,62,64-68H2,1-2H3,(H,87,92)/b18-16-,24-22-,63-61+. The van der Waals surface area contributed by atoms with Crippen molar-refractivity contribution < 1.29 is 89.4 Å². The molecule has 618 valence electrons. The van der Waals surface area contributed by atoms with Crippen molar-refractivity contribution in [2.45, 2.75) is 478 Å². The van der Waals surface area contributed by atoms with Gasteiger partial charge in [-0.05, 0) is 51.4 Å². The first-order valence-corrected chi connectivity index (χ1v) is 43.7. The van der Waals surface area contributed by atoms with E-state index in [1.807, 2.05) is 6.08 Å². The van der Waals surface area contributed by atoms with Gasteiger partial charge in [0.15, 0.2) is 18.9 Å². The molecule has 0 aromatic heterocycles. The summed E-state index contributed by atoms with van der Waals surface area (Å²) in [6.07, 6.45) is 57.2. The number of ether oxygens (including phenoxy) is 6. The highest BCUT2D eigenvalue weighted by atomic mass is 16.8. The molecule has 0 radical (unpaired) electrons. The molecule has 3 heterocycles. The topological polar surface area (TPSA) is 307 Å². The number of carbonyl (C=O) groups excluding carboxylic acids is 1. The molecule has 0 bridgehead atoms. The summed E-state index contributed by atoms with van der Waals surface area (Å²) >= 11 is 0. The number of rotatable bonds is 71. The Morgan fingerprint density at radius 2 is 0.629 bits per heavy atom. The van der Waals surface area contributed by atoms with Gasteiger partial charge in [0.2, 0.25) is 5.91 Å². The molecule has 0 saturated carbocycles. The molecular weight excluding hydrogens is 1330 g/mol. The third-order valence-corrected chi connectivity index (χ3v) is 21.9. The zero-order valence-corrected chi connectivity index (χ0v) is 66.5. The number of aliphatic hydroxyl groups is 11. The van der Waals surface area contributed by atoms with Crippen molar-refractivity contribution in [3.63, 3.8) is 0 Å². The van der Waals surface area contributed by atoms with Gasteiger partial charge in [0.05, 0.1) is 38.6 Å². The second kappa shape index (κ2) is 66.6. The van der Waals surface area contributed by atoms with Gasteiger partial charge in [0.25, 0.3) is 0 Å². The van der Waals surface area contributed by atoms with Crippen molar-refractivity contribution in [1.82, 2.24) is 5.32 Å². The van der Waals surface area contributed by atoms with Crippen LogP contribution in [0.1, 0.15) is 373 Å². The molecule has 17 atom stereocenters.